The minimum absolute atomic E-state index is 0.172. The fourth-order valence-corrected chi connectivity index (χ4v) is 3.34. The van der Waals surface area contributed by atoms with Gasteiger partial charge in [0.25, 0.3) is 0 Å². The van der Waals surface area contributed by atoms with Crippen molar-refractivity contribution in [3.05, 3.63) is 46.6 Å². The Labute approximate surface area is 124 Å². The first-order valence-electron chi connectivity index (χ1n) is 6.51. The lowest BCUT2D eigenvalue weighted by atomic mass is 10.1. The SMILES string of the molecule is CCC(NC)c1ccc(-c2ccc(F)c(C(F)(F)F)c2)s1. The van der Waals surface area contributed by atoms with E-state index < -0.39 is 17.6 Å². The van der Waals surface area contributed by atoms with E-state index in [1.165, 1.54) is 17.4 Å². The number of hydrogen-bond donors (Lipinski definition) is 1. The van der Waals surface area contributed by atoms with Gasteiger partial charge in [-0.2, -0.15) is 13.2 Å². The van der Waals surface area contributed by atoms with Gasteiger partial charge < -0.3 is 5.32 Å². The molecule has 0 fully saturated rings. The van der Waals surface area contributed by atoms with E-state index in [0.717, 1.165) is 23.4 Å². The van der Waals surface area contributed by atoms with E-state index in [2.05, 4.69) is 5.32 Å². The van der Waals surface area contributed by atoms with E-state index in [4.69, 9.17) is 0 Å². The van der Waals surface area contributed by atoms with Crippen molar-refractivity contribution in [2.24, 2.45) is 0 Å². The van der Waals surface area contributed by atoms with Crippen molar-refractivity contribution < 1.29 is 17.6 Å². The van der Waals surface area contributed by atoms with E-state index in [9.17, 15) is 17.6 Å². The van der Waals surface area contributed by atoms with Gasteiger partial charge in [-0.1, -0.05) is 13.0 Å². The lowest BCUT2D eigenvalue weighted by molar-refractivity contribution is -0.139. The van der Waals surface area contributed by atoms with E-state index in [1.807, 2.05) is 20.0 Å². The molecule has 0 saturated heterocycles. The van der Waals surface area contributed by atoms with Gasteiger partial charge in [-0.05, 0) is 43.3 Å². The third kappa shape index (κ3) is 3.44. The molecule has 0 aliphatic rings. The van der Waals surface area contributed by atoms with Crippen LogP contribution in [0.3, 0.4) is 0 Å². The lowest BCUT2D eigenvalue weighted by Crippen LogP contribution is -2.13. The number of alkyl halides is 3. The highest BCUT2D eigenvalue weighted by Gasteiger charge is 2.34. The number of benzene rings is 1. The zero-order valence-electron chi connectivity index (χ0n) is 11.6. The van der Waals surface area contributed by atoms with Crippen LogP contribution in [0.5, 0.6) is 0 Å². The summed E-state index contributed by atoms with van der Waals surface area (Å²) in [7, 11) is 1.84. The molecule has 1 unspecified atom stereocenters. The maximum atomic E-state index is 13.3. The van der Waals surface area contributed by atoms with Crippen LogP contribution in [-0.4, -0.2) is 7.05 Å². The summed E-state index contributed by atoms with van der Waals surface area (Å²) in [6.07, 6.45) is -3.80. The largest absolute Gasteiger partial charge is 0.419 e. The predicted molar refractivity (Wildman–Crippen MR) is 76.8 cm³/mol. The predicted octanol–water partition coefficient (Wildman–Crippen LogP) is 5.24. The van der Waals surface area contributed by atoms with Crippen LogP contribution in [0, 0.1) is 5.82 Å². The number of rotatable bonds is 4. The van der Waals surface area contributed by atoms with Crippen LogP contribution in [0.1, 0.15) is 29.8 Å². The molecule has 2 aromatic rings. The highest BCUT2D eigenvalue weighted by atomic mass is 32.1. The summed E-state index contributed by atoms with van der Waals surface area (Å²) in [4.78, 5) is 1.75. The summed E-state index contributed by atoms with van der Waals surface area (Å²) in [6.45, 7) is 2.03. The van der Waals surface area contributed by atoms with Crippen LogP contribution in [-0.2, 0) is 6.18 Å². The number of hydrogen-bond acceptors (Lipinski definition) is 2. The summed E-state index contributed by atoms with van der Waals surface area (Å²) in [5, 5.41) is 3.15. The number of halogens is 4. The van der Waals surface area contributed by atoms with Gasteiger partial charge in [0.05, 0.1) is 5.56 Å². The van der Waals surface area contributed by atoms with Crippen LogP contribution in [0.25, 0.3) is 10.4 Å². The summed E-state index contributed by atoms with van der Waals surface area (Å²) in [6, 6.07) is 6.94. The fourth-order valence-electron chi connectivity index (χ4n) is 2.14. The van der Waals surface area contributed by atoms with Crippen molar-refractivity contribution in [1.82, 2.24) is 5.32 Å². The van der Waals surface area contributed by atoms with Gasteiger partial charge in [-0.25, -0.2) is 4.39 Å². The molecule has 1 aromatic heterocycles. The molecule has 2 rings (SSSR count). The van der Waals surface area contributed by atoms with Crippen molar-refractivity contribution in [3.8, 4) is 10.4 Å². The summed E-state index contributed by atoms with van der Waals surface area (Å²) < 4.78 is 51.5. The zero-order valence-corrected chi connectivity index (χ0v) is 12.4. The normalized spacial score (nSPS) is 13.4. The molecule has 0 bridgehead atoms. The Morgan fingerprint density at radius 2 is 1.90 bits per heavy atom. The first-order chi connectivity index (χ1) is 9.86. The van der Waals surface area contributed by atoms with Crippen molar-refractivity contribution in [3.63, 3.8) is 0 Å². The van der Waals surface area contributed by atoms with Crippen LogP contribution < -0.4 is 5.32 Å². The number of thiophene rings is 1. The quantitative estimate of drug-likeness (QED) is 0.760. The molecule has 1 atom stereocenters. The monoisotopic (exact) mass is 317 g/mol. The molecule has 0 aliphatic heterocycles. The Hall–Kier alpha value is -1.40. The van der Waals surface area contributed by atoms with E-state index in [1.54, 1.807) is 6.07 Å². The Kier molecular flexibility index (Phi) is 4.68. The maximum Gasteiger partial charge on any atom is 0.419 e. The Balaban J connectivity index is 2.39. The molecule has 21 heavy (non-hydrogen) atoms. The van der Waals surface area contributed by atoms with Gasteiger partial charge >= 0.3 is 6.18 Å². The minimum Gasteiger partial charge on any atom is -0.312 e. The summed E-state index contributed by atoms with van der Waals surface area (Å²) in [5.41, 5.74) is -0.846. The van der Waals surface area contributed by atoms with Gasteiger partial charge in [0.15, 0.2) is 0 Å². The summed E-state index contributed by atoms with van der Waals surface area (Å²) >= 11 is 1.42. The average Bonchev–Trinajstić information content (AvgIpc) is 2.89. The van der Waals surface area contributed by atoms with E-state index in [0.29, 0.717) is 10.4 Å². The average molecular weight is 317 g/mol. The minimum atomic E-state index is -4.68. The third-order valence-corrected chi connectivity index (χ3v) is 4.53. The molecule has 114 valence electrons. The molecular weight excluding hydrogens is 302 g/mol. The van der Waals surface area contributed by atoms with Crippen molar-refractivity contribution in [1.29, 1.82) is 0 Å². The van der Waals surface area contributed by atoms with Gasteiger partial charge in [0.2, 0.25) is 0 Å². The van der Waals surface area contributed by atoms with Crippen LogP contribution >= 0.6 is 11.3 Å². The standard InChI is InChI=1S/C15H15F4NS/c1-3-12(20-2)14-7-6-13(21-14)9-4-5-11(16)10(8-9)15(17,18)19/h4-8,12,20H,3H2,1-2H3. The molecule has 1 heterocycles. The Morgan fingerprint density at radius 1 is 1.19 bits per heavy atom. The first kappa shape index (κ1) is 16.0. The van der Waals surface area contributed by atoms with Crippen molar-refractivity contribution >= 4 is 11.3 Å². The smallest absolute Gasteiger partial charge is 0.312 e. The Bertz CT molecular complexity index is 614. The Morgan fingerprint density at radius 3 is 2.48 bits per heavy atom. The van der Waals surface area contributed by atoms with Crippen LogP contribution in [0.2, 0.25) is 0 Å². The van der Waals surface area contributed by atoms with Gasteiger partial charge in [0.1, 0.15) is 5.82 Å². The molecule has 1 N–H and O–H groups in total. The highest BCUT2D eigenvalue weighted by Crippen LogP contribution is 2.37. The molecule has 0 amide bonds. The van der Waals surface area contributed by atoms with Crippen LogP contribution in [0.4, 0.5) is 17.6 Å². The lowest BCUT2D eigenvalue weighted by Gasteiger charge is -2.11. The van der Waals surface area contributed by atoms with E-state index in [-0.39, 0.29) is 6.04 Å². The first-order valence-corrected chi connectivity index (χ1v) is 7.32. The van der Waals surface area contributed by atoms with Crippen LogP contribution in [0.15, 0.2) is 30.3 Å². The molecule has 0 saturated carbocycles. The second-order valence-corrected chi connectivity index (χ2v) is 5.76. The van der Waals surface area contributed by atoms with Gasteiger partial charge in [-0.3, -0.25) is 0 Å². The van der Waals surface area contributed by atoms with E-state index >= 15 is 0 Å². The van der Waals surface area contributed by atoms with Gasteiger partial charge in [-0.15, -0.1) is 11.3 Å². The third-order valence-electron chi connectivity index (χ3n) is 3.28. The number of nitrogens with one attached hydrogen (secondary N) is 1. The molecular formula is C15H15F4NS. The molecule has 0 radical (unpaired) electrons. The maximum absolute atomic E-state index is 13.3. The second kappa shape index (κ2) is 6.15. The zero-order chi connectivity index (χ0) is 15.6. The van der Waals surface area contributed by atoms with Crippen molar-refractivity contribution in [2.75, 3.05) is 7.05 Å². The topological polar surface area (TPSA) is 12.0 Å². The molecule has 6 heteroatoms. The molecule has 0 spiro atoms. The van der Waals surface area contributed by atoms with Gasteiger partial charge in [0, 0.05) is 15.8 Å². The highest BCUT2D eigenvalue weighted by molar-refractivity contribution is 7.15. The molecule has 1 nitrogen and oxygen atoms in total. The second-order valence-electron chi connectivity index (χ2n) is 4.64. The van der Waals surface area contributed by atoms with Crippen molar-refractivity contribution in [2.45, 2.75) is 25.6 Å². The molecule has 1 aromatic carbocycles. The summed E-state index contributed by atoms with van der Waals surface area (Å²) in [5.74, 6) is -1.25. The fraction of sp³-hybridized carbons (Fsp3) is 0.333. The molecule has 0 aliphatic carbocycles.